The molecule has 2 aromatic carbocycles. The number of aromatic nitrogens is 3. The highest BCUT2D eigenvalue weighted by atomic mass is 19.2. The van der Waals surface area contributed by atoms with Gasteiger partial charge in [0.25, 0.3) is 0 Å². The smallest absolute Gasteiger partial charge is 0.168 e. The molecule has 25 heavy (non-hydrogen) atoms. The molecule has 4 bridgehead atoms. The van der Waals surface area contributed by atoms with Gasteiger partial charge in [-0.1, -0.05) is 12.1 Å². The van der Waals surface area contributed by atoms with E-state index in [-0.39, 0.29) is 5.56 Å². The van der Waals surface area contributed by atoms with Crippen LogP contribution in [0.5, 0.6) is 0 Å². The first-order chi connectivity index (χ1) is 12.2. The van der Waals surface area contributed by atoms with E-state index in [0.29, 0.717) is 17.2 Å². The number of pyridine rings is 1. The molecule has 4 aromatic rings. The van der Waals surface area contributed by atoms with Crippen LogP contribution in [0.15, 0.2) is 55.0 Å². The van der Waals surface area contributed by atoms with Crippen molar-refractivity contribution < 1.29 is 8.78 Å². The van der Waals surface area contributed by atoms with Gasteiger partial charge in [0.05, 0.1) is 11.2 Å². The molecule has 1 aliphatic heterocycles. The molecule has 6 heteroatoms. The van der Waals surface area contributed by atoms with Crippen molar-refractivity contribution in [2.45, 2.75) is 0 Å². The minimum atomic E-state index is -0.939. The van der Waals surface area contributed by atoms with Crippen molar-refractivity contribution in [1.29, 1.82) is 0 Å². The number of fused-ring (bicyclic) bond motifs is 6. The van der Waals surface area contributed by atoms with Crippen molar-refractivity contribution in [3.63, 3.8) is 0 Å². The van der Waals surface area contributed by atoms with E-state index in [2.05, 4.69) is 20.3 Å². The van der Waals surface area contributed by atoms with Gasteiger partial charge < -0.3 is 5.32 Å². The summed E-state index contributed by atoms with van der Waals surface area (Å²) in [7, 11) is 0. The van der Waals surface area contributed by atoms with Crippen molar-refractivity contribution in [3.8, 4) is 22.4 Å². The summed E-state index contributed by atoms with van der Waals surface area (Å²) in [5, 5.41) is 3.86. The maximum Gasteiger partial charge on any atom is 0.168 e. The molecule has 4 nitrogen and oxygen atoms in total. The van der Waals surface area contributed by atoms with Crippen LogP contribution in [0.4, 0.5) is 20.3 Å². The van der Waals surface area contributed by atoms with Gasteiger partial charge in [-0.15, -0.1) is 0 Å². The van der Waals surface area contributed by atoms with Gasteiger partial charge in [-0.3, -0.25) is 4.98 Å². The lowest BCUT2D eigenvalue weighted by molar-refractivity contribution is 0.511. The molecule has 1 aliphatic rings. The molecule has 0 saturated heterocycles. The van der Waals surface area contributed by atoms with Crippen LogP contribution in [0.2, 0.25) is 0 Å². The third-order valence-corrected chi connectivity index (χ3v) is 4.30. The van der Waals surface area contributed by atoms with E-state index in [1.165, 1.54) is 6.33 Å². The summed E-state index contributed by atoms with van der Waals surface area (Å²) in [4.78, 5) is 12.8. The summed E-state index contributed by atoms with van der Waals surface area (Å²) in [6.45, 7) is 0. The average Bonchev–Trinajstić information content (AvgIpc) is 2.64. The zero-order valence-electron chi connectivity index (χ0n) is 12.8. The van der Waals surface area contributed by atoms with Crippen molar-refractivity contribution in [1.82, 2.24) is 15.0 Å². The Hall–Kier alpha value is -3.41. The standard InChI is InChI=1S/C19H10F2N4/c20-15-8-11-7-14(17(15)21)18-12(2-1-5-22-18)10-3-4-16-13(6-10)19(25-11)24-9-23-16/h1-9H,(H,23,24,25). The first kappa shape index (κ1) is 14.0. The van der Waals surface area contributed by atoms with E-state index >= 15 is 0 Å². The molecule has 1 N–H and O–H groups in total. The van der Waals surface area contributed by atoms with Crippen molar-refractivity contribution >= 4 is 22.4 Å². The zero-order valence-corrected chi connectivity index (χ0v) is 12.8. The average molecular weight is 332 g/mol. The number of nitrogens with one attached hydrogen (secondary N) is 1. The van der Waals surface area contributed by atoms with Crippen LogP contribution in [0.3, 0.4) is 0 Å². The monoisotopic (exact) mass is 332 g/mol. The van der Waals surface area contributed by atoms with Crippen LogP contribution in [0.1, 0.15) is 0 Å². The highest BCUT2D eigenvalue weighted by Gasteiger charge is 2.20. The fourth-order valence-corrected chi connectivity index (χ4v) is 3.15. The maximum atomic E-state index is 14.5. The minimum Gasteiger partial charge on any atom is -0.340 e. The first-order valence-electron chi connectivity index (χ1n) is 7.67. The van der Waals surface area contributed by atoms with Gasteiger partial charge in [-0.25, -0.2) is 18.7 Å². The molecule has 0 spiro atoms. The Balaban J connectivity index is 1.96. The second-order valence-electron chi connectivity index (χ2n) is 5.80. The molecule has 0 fully saturated rings. The van der Waals surface area contributed by atoms with E-state index in [1.807, 2.05) is 24.3 Å². The fraction of sp³-hybridized carbons (Fsp3) is 0. The predicted octanol–water partition coefficient (Wildman–Crippen LogP) is 4.69. The van der Waals surface area contributed by atoms with E-state index in [4.69, 9.17) is 0 Å². The molecular formula is C19H10F2N4. The summed E-state index contributed by atoms with van der Waals surface area (Å²) in [5.41, 5.74) is 3.21. The molecule has 5 rings (SSSR count). The summed E-state index contributed by atoms with van der Waals surface area (Å²) in [6, 6.07) is 12.0. The van der Waals surface area contributed by atoms with Gasteiger partial charge in [0.2, 0.25) is 0 Å². The minimum absolute atomic E-state index is 0.107. The highest BCUT2D eigenvalue weighted by Crippen LogP contribution is 2.38. The van der Waals surface area contributed by atoms with E-state index < -0.39 is 11.6 Å². The summed E-state index contributed by atoms with van der Waals surface area (Å²) in [5.74, 6) is -1.32. The van der Waals surface area contributed by atoms with Crippen LogP contribution in [-0.4, -0.2) is 15.0 Å². The molecule has 0 unspecified atom stereocenters. The number of hydrogen-bond donors (Lipinski definition) is 1. The molecule has 2 aromatic heterocycles. The normalized spacial score (nSPS) is 11.9. The Kier molecular flexibility index (Phi) is 2.82. The highest BCUT2D eigenvalue weighted by molar-refractivity contribution is 5.96. The van der Waals surface area contributed by atoms with Crippen molar-refractivity contribution in [3.05, 3.63) is 66.6 Å². The predicted molar refractivity (Wildman–Crippen MR) is 91.4 cm³/mol. The van der Waals surface area contributed by atoms with Crippen LogP contribution in [0.25, 0.3) is 33.3 Å². The fourth-order valence-electron chi connectivity index (χ4n) is 3.15. The van der Waals surface area contributed by atoms with Crippen LogP contribution in [-0.2, 0) is 0 Å². The number of rotatable bonds is 0. The Labute approximate surface area is 141 Å². The molecule has 120 valence electrons. The van der Waals surface area contributed by atoms with Crippen molar-refractivity contribution in [2.24, 2.45) is 0 Å². The van der Waals surface area contributed by atoms with Crippen molar-refractivity contribution in [2.75, 3.05) is 5.32 Å². The summed E-state index contributed by atoms with van der Waals surface area (Å²) < 4.78 is 28.6. The Bertz CT molecular complexity index is 1160. The van der Waals surface area contributed by atoms with Crippen LogP contribution < -0.4 is 5.32 Å². The Morgan fingerprint density at radius 3 is 2.72 bits per heavy atom. The maximum absolute atomic E-state index is 14.5. The molecular weight excluding hydrogens is 322 g/mol. The van der Waals surface area contributed by atoms with E-state index in [1.54, 1.807) is 18.3 Å². The Morgan fingerprint density at radius 1 is 0.880 bits per heavy atom. The molecule has 0 radical (unpaired) electrons. The number of hydrogen-bond acceptors (Lipinski definition) is 4. The lowest BCUT2D eigenvalue weighted by atomic mass is 9.96. The molecule has 0 amide bonds. The SMILES string of the molecule is Fc1cc2cc(c1F)-c1ncccc1-c1ccc3ncnc(c3c1)N2. The van der Waals surface area contributed by atoms with Crippen LogP contribution >= 0.6 is 0 Å². The second-order valence-corrected chi connectivity index (χ2v) is 5.80. The molecule has 0 saturated carbocycles. The third-order valence-electron chi connectivity index (χ3n) is 4.30. The summed E-state index contributed by atoms with van der Waals surface area (Å²) >= 11 is 0. The molecule has 0 aliphatic carbocycles. The lowest BCUT2D eigenvalue weighted by Crippen LogP contribution is -2.02. The lowest BCUT2D eigenvalue weighted by Gasteiger charge is -2.16. The number of benzene rings is 2. The van der Waals surface area contributed by atoms with Crippen LogP contribution in [0, 0.1) is 11.6 Å². The quantitative estimate of drug-likeness (QED) is 0.447. The first-order valence-corrected chi connectivity index (χ1v) is 7.67. The van der Waals surface area contributed by atoms with Gasteiger partial charge in [0.1, 0.15) is 12.1 Å². The van der Waals surface area contributed by atoms with Gasteiger partial charge in [0, 0.05) is 34.5 Å². The topological polar surface area (TPSA) is 50.7 Å². The number of nitrogens with zero attached hydrogens (tertiary/aromatic N) is 3. The zero-order chi connectivity index (χ0) is 17.0. The number of anilines is 2. The summed E-state index contributed by atoms with van der Waals surface area (Å²) in [6.07, 6.45) is 3.00. The number of halogens is 2. The van der Waals surface area contributed by atoms with E-state index in [9.17, 15) is 8.78 Å². The molecule has 3 heterocycles. The van der Waals surface area contributed by atoms with Gasteiger partial charge in [-0.2, -0.15) is 0 Å². The largest absolute Gasteiger partial charge is 0.340 e. The third kappa shape index (κ3) is 2.07. The second kappa shape index (κ2) is 5.04. The molecule has 0 atom stereocenters. The van der Waals surface area contributed by atoms with Gasteiger partial charge in [-0.05, 0) is 29.8 Å². The Morgan fingerprint density at radius 2 is 1.80 bits per heavy atom. The van der Waals surface area contributed by atoms with Gasteiger partial charge in [0.15, 0.2) is 11.6 Å². The van der Waals surface area contributed by atoms with E-state index in [0.717, 1.165) is 28.1 Å². The van der Waals surface area contributed by atoms with Gasteiger partial charge >= 0.3 is 0 Å².